The second-order valence-electron chi connectivity index (χ2n) is 9.01. The highest BCUT2D eigenvalue weighted by molar-refractivity contribution is 6.18. The lowest BCUT2D eigenvalue weighted by Gasteiger charge is -2.26. The topological polar surface area (TPSA) is 84.1 Å². The molecule has 3 heterocycles. The van der Waals surface area contributed by atoms with Crippen LogP contribution in [0.5, 0.6) is 5.75 Å². The highest BCUT2D eigenvalue weighted by Crippen LogP contribution is 2.33. The van der Waals surface area contributed by atoms with E-state index in [-0.39, 0.29) is 18.1 Å². The first kappa shape index (κ1) is 25.0. The second kappa shape index (κ2) is 11.1. The van der Waals surface area contributed by atoms with Crippen molar-refractivity contribution in [2.24, 2.45) is 0 Å². The Morgan fingerprint density at radius 3 is 2.62 bits per heavy atom. The van der Waals surface area contributed by atoms with Gasteiger partial charge in [0.25, 0.3) is 5.91 Å². The highest BCUT2D eigenvalue weighted by Gasteiger charge is 2.28. The molecule has 0 spiro atoms. The number of rotatable bonds is 7. The molecule has 0 saturated carbocycles. The summed E-state index contributed by atoms with van der Waals surface area (Å²) in [6.45, 7) is 6.99. The number of esters is 1. The van der Waals surface area contributed by atoms with E-state index in [0.717, 1.165) is 55.1 Å². The van der Waals surface area contributed by atoms with Crippen molar-refractivity contribution in [2.45, 2.75) is 13.3 Å². The Morgan fingerprint density at radius 1 is 1.08 bits per heavy atom. The summed E-state index contributed by atoms with van der Waals surface area (Å²) < 4.78 is 30.1. The summed E-state index contributed by atoms with van der Waals surface area (Å²) in [7, 11) is 0. The summed E-state index contributed by atoms with van der Waals surface area (Å²) in [5, 5.41) is 0.935. The number of hydrogen-bond donors (Lipinski definition) is 1. The molecule has 1 amide bonds. The number of amides is 1. The first-order chi connectivity index (χ1) is 18.0. The first-order valence-electron chi connectivity index (χ1n) is 12.6. The maximum absolute atomic E-state index is 13.4. The van der Waals surface area contributed by atoms with Gasteiger partial charge >= 0.3 is 5.97 Å². The van der Waals surface area contributed by atoms with Crippen LogP contribution in [0.25, 0.3) is 16.5 Å². The summed E-state index contributed by atoms with van der Waals surface area (Å²) in [6, 6.07) is 11.2. The Balaban J connectivity index is 1.41. The minimum absolute atomic E-state index is 0.207. The number of morpholine rings is 1. The van der Waals surface area contributed by atoms with E-state index >= 15 is 0 Å². The number of aromatic nitrogens is 1. The van der Waals surface area contributed by atoms with Gasteiger partial charge in [0.05, 0.1) is 31.1 Å². The van der Waals surface area contributed by atoms with Crippen LogP contribution < -0.4 is 4.74 Å². The van der Waals surface area contributed by atoms with Crippen LogP contribution in [0.2, 0.25) is 0 Å². The van der Waals surface area contributed by atoms with Crippen molar-refractivity contribution in [1.29, 1.82) is 0 Å². The van der Waals surface area contributed by atoms with E-state index in [4.69, 9.17) is 14.2 Å². The van der Waals surface area contributed by atoms with Gasteiger partial charge in [0.1, 0.15) is 18.2 Å². The van der Waals surface area contributed by atoms with Crippen molar-refractivity contribution in [2.75, 3.05) is 52.6 Å². The van der Waals surface area contributed by atoms with E-state index < -0.39 is 11.8 Å². The molecule has 8 nitrogen and oxygen atoms in total. The molecule has 0 radical (unpaired) electrons. The van der Waals surface area contributed by atoms with Crippen molar-refractivity contribution in [3.63, 3.8) is 0 Å². The number of carbonyl (C=O) groups excluding carboxylic acids is 2. The number of fused-ring (bicyclic) bond motifs is 3. The Morgan fingerprint density at radius 2 is 1.86 bits per heavy atom. The molecule has 3 aromatic rings. The Hall–Kier alpha value is -3.69. The number of carbonyl (C=O) groups is 2. The zero-order valence-electron chi connectivity index (χ0n) is 20.8. The van der Waals surface area contributed by atoms with E-state index in [0.29, 0.717) is 30.8 Å². The molecule has 194 valence electrons. The molecule has 2 aliphatic rings. The normalized spacial score (nSPS) is 16.2. The van der Waals surface area contributed by atoms with Gasteiger partial charge in [-0.15, -0.1) is 0 Å². The Kier molecular flexibility index (Phi) is 7.52. The van der Waals surface area contributed by atoms with E-state index in [9.17, 15) is 14.0 Å². The third-order valence-corrected chi connectivity index (χ3v) is 6.66. The zero-order valence-corrected chi connectivity index (χ0v) is 20.8. The minimum Gasteiger partial charge on any atom is -0.492 e. The molecule has 2 aromatic carbocycles. The molecule has 0 bridgehead atoms. The molecular formula is C28H30FN3O5. The SMILES string of the molecule is CCOC(=O)C1=CN(C(=O)c2ccc(F)cc2)CCc2c1[nH]c1ccc(OCCN3CCOCC3)cc21. The van der Waals surface area contributed by atoms with Gasteiger partial charge in [-0.2, -0.15) is 0 Å². The van der Waals surface area contributed by atoms with E-state index in [1.165, 1.54) is 35.4 Å². The van der Waals surface area contributed by atoms with Gasteiger partial charge < -0.3 is 24.1 Å². The molecule has 1 fully saturated rings. The molecule has 0 aliphatic carbocycles. The molecule has 1 N–H and O–H groups in total. The summed E-state index contributed by atoms with van der Waals surface area (Å²) >= 11 is 0. The molecule has 9 heteroatoms. The smallest absolute Gasteiger partial charge is 0.341 e. The number of nitrogens with zero attached hydrogens (tertiary/aromatic N) is 2. The number of ether oxygens (including phenoxy) is 3. The Bertz CT molecular complexity index is 1310. The minimum atomic E-state index is -0.518. The molecule has 5 rings (SSSR count). The van der Waals surface area contributed by atoms with Gasteiger partial charge in [0, 0.05) is 48.8 Å². The van der Waals surface area contributed by atoms with Crippen molar-refractivity contribution < 1.29 is 28.2 Å². The van der Waals surface area contributed by atoms with Crippen LogP contribution >= 0.6 is 0 Å². The van der Waals surface area contributed by atoms with Gasteiger partial charge in [-0.1, -0.05) is 0 Å². The third kappa shape index (κ3) is 5.52. The number of H-pyrrole nitrogens is 1. The number of aromatic amines is 1. The van der Waals surface area contributed by atoms with Gasteiger partial charge in [-0.25, -0.2) is 9.18 Å². The summed E-state index contributed by atoms with van der Waals surface area (Å²) in [6.07, 6.45) is 2.05. The number of halogens is 1. The summed E-state index contributed by atoms with van der Waals surface area (Å²) in [5.74, 6) is -0.508. The molecule has 1 aromatic heterocycles. The van der Waals surface area contributed by atoms with E-state index in [1.807, 2.05) is 18.2 Å². The van der Waals surface area contributed by atoms with Gasteiger partial charge in [-0.05, 0) is 61.4 Å². The first-order valence-corrected chi connectivity index (χ1v) is 12.6. The maximum atomic E-state index is 13.4. The van der Waals surface area contributed by atoms with Crippen LogP contribution in [0.4, 0.5) is 4.39 Å². The summed E-state index contributed by atoms with van der Waals surface area (Å²) in [4.78, 5) is 33.3. The van der Waals surface area contributed by atoms with Crippen LogP contribution in [0.1, 0.15) is 28.5 Å². The van der Waals surface area contributed by atoms with Crippen LogP contribution in [0.3, 0.4) is 0 Å². The number of benzene rings is 2. The molecule has 2 aliphatic heterocycles. The fraction of sp³-hybridized carbons (Fsp3) is 0.357. The lowest BCUT2D eigenvalue weighted by Crippen LogP contribution is -2.38. The van der Waals surface area contributed by atoms with Crippen molar-refractivity contribution >= 4 is 28.4 Å². The third-order valence-electron chi connectivity index (χ3n) is 6.66. The van der Waals surface area contributed by atoms with E-state index in [1.54, 1.807) is 6.92 Å². The van der Waals surface area contributed by atoms with Gasteiger partial charge in [-0.3, -0.25) is 9.69 Å². The van der Waals surface area contributed by atoms with Crippen LogP contribution in [0, 0.1) is 5.82 Å². The average Bonchev–Trinajstić information content (AvgIpc) is 3.15. The monoisotopic (exact) mass is 507 g/mol. The predicted molar refractivity (Wildman–Crippen MR) is 137 cm³/mol. The zero-order chi connectivity index (χ0) is 25.8. The maximum Gasteiger partial charge on any atom is 0.341 e. The molecule has 0 unspecified atom stereocenters. The largest absolute Gasteiger partial charge is 0.492 e. The van der Waals surface area contributed by atoms with Gasteiger partial charge in [0.2, 0.25) is 0 Å². The van der Waals surface area contributed by atoms with Gasteiger partial charge in [0.15, 0.2) is 0 Å². The number of hydrogen-bond acceptors (Lipinski definition) is 6. The van der Waals surface area contributed by atoms with Crippen molar-refractivity contribution in [1.82, 2.24) is 14.8 Å². The number of nitrogens with one attached hydrogen (secondary N) is 1. The van der Waals surface area contributed by atoms with E-state index in [2.05, 4.69) is 9.88 Å². The molecule has 0 atom stereocenters. The molecular weight excluding hydrogens is 477 g/mol. The van der Waals surface area contributed by atoms with Crippen LogP contribution in [0.15, 0.2) is 48.7 Å². The van der Waals surface area contributed by atoms with Crippen LogP contribution in [-0.2, 0) is 20.7 Å². The molecule has 37 heavy (non-hydrogen) atoms. The predicted octanol–water partition coefficient (Wildman–Crippen LogP) is 3.62. The van der Waals surface area contributed by atoms with Crippen LogP contribution in [-0.4, -0.2) is 79.3 Å². The lowest BCUT2D eigenvalue weighted by molar-refractivity contribution is -0.136. The standard InChI is InChI=1S/C28H30FN3O5/c1-2-36-28(34)24-18-32(27(33)19-3-5-20(29)6-4-19)10-9-22-23-17-21(7-8-25(23)30-26(22)24)37-16-13-31-11-14-35-15-12-31/h3-8,17-18,30H,2,9-16H2,1H3. The average molecular weight is 508 g/mol. The molecule has 1 saturated heterocycles. The summed E-state index contributed by atoms with van der Waals surface area (Å²) in [5.41, 5.74) is 3.04. The van der Waals surface area contributed by atoms with Crippen molar-refractivity contribution in [3.8, 4) is 5.75 Å². The van der Waals surface area contributed by atoms with Crippen molar-refractivity contribution in [3.05, 3.63) is 71.3 Å². The second-order valence-corrected chi connectivity index (χ2v) is 9.01. The fourth-order valence-electron chi connectivity index (χ4n) is 4.72. The quantitative estimate of drug-likeness (QED) is 0.492. The lowest BCUT2D eigenvalue weighted by atomic mass is 10.0. The Labute approximate surface area is 214 Å². The highest BCUT2D eigenvalue weighted by atomic mass is 19.1. The fourth-order valence-corrected chi connectivity index (χ4v) is 4.72.